The highest BCUT2D eigenvalue weighted by Gasteiger charge is 2.23. The Hall–Kier alpha value is -1.54. The molecule has 0 fully saturated rings. The molecule has 0 rings (SSSR count). The molecule has 3 atom stereocenters. The number of quaternary nitrogens is 1. The maximum absolute atomic E-state index is 12.8. The molecule has 0 aliphatic rings. The summed E-state index contributed by atoms with van der Waals surface area (Å²) in [5, 5.41) is 13.7. The van der Waals surface area contributed by atoms with Gasteiger partial charge in [-0.15, -0.1) is 0 Å². The lowest BCUT2D eigenvalue weighted by Crippen LogP contribution is -2.45. The number of nitrogens with one attached hydrogen (secondary N) is 1. The highest BCUT2D eigenvalue weighted by atomic mass is 31.2. The van der Waals surface area contributed by atoms with E-state index in [1.54, 1.807) is 6.08 Å². The first-order chi connectivity index (χ1) is 24.0. The van der Waals surface area contributed by atoms with Crippen LogP contribution in [0.1, 0.15) is 155 Å². The van der Waals surface area contributed by atoms with E-state index in [-0.39, 0.29) is 12.5 Å². The monoisotopic (exact) mass is 725 g/mol. The van der Waals surface area contributed by atoms with Crippen molar-refractivity contribution in [2.24, 2.45) is 0 Å². The fourth-order valence-corrected chi connectivity index (χ4v) is 5.98. The van der Waals surface area contributed by atoms with Gasteiger partial charge in [0.1, 0.15) is 13.2 Å². The molecule has 0 aromatic rings. The Labute approximate surface area is 308 Å². The lowest BCUT2D eigenvalue weighted by molar-refractivity contribution is -0.870. The summed E-state index contributed by atoms with van der Waals surface area (Å²) < 4.78 is 23.1. The van der Waals surface area contributed by atoms with Crippen LogP contribution in [-0.4, -0.2) is 68.5 Å². The zero-order valence-electron chi connectivity index (χ0n) is 32.8. The van der Waals surface area contributed by atoms with Crippen molar-refractivity contribution in [2.75, 3.05) is 40.9 Å². The number of hydrogen-bond acceptors (Lipinski definition) is 6. The zero-order valence-corrected chi connectivity index (χ0v) is 33.7. The van der Waals surface area contributed by atoms with E-state index < -0.39 is 26.6 Å². The fraction of sp³-hybridized carbons (Fsp3) is 0.780. The summed E-state index contributed by atoms with van der Waals surface area (Å²) >= 11 is 0. The van der Waals surface area contributed by atoms with E-state index in [4.69, 9.17) is 9.05 Å². The van der Waals surface area contributed by atoms with Crippen molar-refractivity contribution >= 4 is 13.7 Å². The van der Waals surface area contributed by atoms with Gasteiger partial charge in [-0.3, -0.25) is 9.36 Å². The molecular weight excluding hydrogens is 647 g/mol. The maximum Gasteiger partial charge on any atom is 0.268 e. The van der Waals surface area contributed by atoms with E-state index in [9.17, 15) is 19.4 Å². The number of phosphoric acid groups is 1. The molecule has 0 aromatic heterocycles. The van der Waals surface area contributed by atoms with Crippen LogP contribution in [0.15, 0.2) is 48.6 Å². The van der Waals surface area contributed by atoms with Gasteiger partial charge in [0.05, 0.1) is 39.9 Å². The number of carbonyl (C=O) groups is 1. The lowest BCUT2D eigenvalue weighted by atomic mass is 10.1. The largest absolute Gasteiger partial charge is 0.756 e. The van der Waals surface area contributed by atoms with E-state index in [0.717, 1.165) is 64.2 Å². The third kappa shape index (κ3) is 34.9. The van der Waals surface area contributed by atoms with Crippen LogP contribution in [0.3, 0.4) is 0 Å². The number of phosphoric ester groups is 1. The van der Waals surface area contributed by atoms with Gasteiger partial charge < -0.3 is 28.8 Å². The third-order valence-corrected chi connectivity index (χ3v) is 9.48. The summed E-state index contributed by atoms with van der Waals surface area (Å²) in [7, 11) is 1.22. The average molecular weight is 725 g/mol. The van der Waals surface area contributed by atoms with E-state index in [1.807, 2.05) is 27.2 Å². The quantitative estimate of drug-likeness (QED) is 0.0292. The topological polar surface area (TPSA) is 108 Å². The first kappa shape index (κ1) is 48.5. The van der Waals surface area contributed by atoms with Crippen LogP contribution in [0.25, 0.3) is 0 Å². The van der Waals surface area contributed by atoms with Gasteiger partial charge >= 0.3 is 0 Å². The molecule has 0 aliphatic carbocycles. The van der Waals surface area contributed by atoms with Crippen molar-refractivity contribution in [2.45, 2.75) is 167 Å². The molecule has 8 nitrogen and oxygen atoms in total. The Balaban J connectivity index is 4.59. The number of rotatable bonds is 35. The SMILES string of the molecule is CCCCC/C=C\C/C=C\CCCCCCCC(=O)NC(COP(=O)([O-])OCC[N+](C)(C)C)C(O)/C=C/CC/C=C/CCCCCCCCC. The Morgan fingerprint density at radius 2 is 1.18 bits per heavy atom. The van der Waals surface area contributed by atoms with Gasteiger partial charge in [-0.05, 0) is 64.2 Å². The fourth-order valence-electron chi connectivity index (χ4n) is 5.25. The zero-order chi connectivity index (χ0) is 37.2. The van der Waals surface area contributed by atoms with Crippen molar-refractivity contribution in [3.8, 4) is 0 Å². The summed E-state index contributed by atoms with van der Waals surface area (Å²) in [6, 6.07) is -0.908. The standard InChI is InChI=1S/C41H77N2O6P/c1-6-8-10-12-14-16-18-20-21-23-25-27-29-31-33-35-41(45)42-39(38-49-50(46,47)48-37-36-43(3,4)5)40(44)34-32-30-28-26-24-22-19-17-15-13-11-9-7-2/h14,16,20-21,24,26,32,34,39-40,44H,6-13,15,17-19,22-23,25,27-31,33,35-38H2,1-5H3,(H-,42,45,46,47)/b16-14-,21-20-,26-24+,34-32+. The Kier molecular flexibility index (Phi) is 32.3. The van der Waals surface area contributed by atoms with Crippen molar-refractivity contribution in [1.29, 1.82) is 0 Å². The van der Waals surface area contributed by atoms with Gasteiger partial charge in [0.2, 0.25) is 5.91 Å². The molecule has 9 heteroatoms. The first-order valence-corrected chi connectivity index (χ1v) is 21.5. The number of likely N-dealkylation sites (N-methyl/N-ethyl adjacent to an activating group) is 1. The van der Waals surface area contributed by atoms with Gasteiger partial charge in [-0.25, -0.2) is 0 Å². The van der Waals surface area contributed by atoms with E-state index in [2.05, 4.69) is 55.6 Å². The van der Waals surface area contributed by atoms with Crippen LogP contribution in [-0.2, 0) is 18.4 Å². The van der Waals surface area contributed by atoms with Gasteiger partial charge in [0, 0.05) is 6.42 Å². The lowest BCUT2D eigenvalue weighted by Gasteiger charge is -2.29. The molecule has 0 aromatic carbocycles. The summed E-state index contributed by atoms with van der Waals surface area (Å²) in [6.45, 7) is 4.55. The second-order valence-corrected chi connectivity index (χ2v) is 16.0. The Morgan fingerprint density at radius 1 is 0.700 bits per heavy atom. The number of hydrogen-bond donors (Lipinski definition) is 2. The normalized spacial score (nSPS) is 15.1. The molecule has 50 heavy (non-hydrogen) atoms. The van der Waals surface area contributed by atoms with Crippen LogP contribution in [0.5, 0.6) is 0 Å². The highest BCUT2D eigenvalue weighted by Crippen LogP contribution is 2.38. The minimum Gasteiger partial charge on any atom is -0.756 e. The molecule has 1 amide bonds. The molecule has 0 radical (unpaired) electrons. The van der Waals surface area contributed by atoms with E-state index in [0.29, 0.717) is 17.4 Å². The summed E-state index contributed by atoms with van der Waals surface area (Å²) in [5.74, 6) is -0.225. The minimum absolute atomic E-state index is 0.0109. The smallest absolute Gasteiger partial charge is 0.268 e. The Morgan fingerprint density at radius 3 is 1.78 bits per heavy atom. The molecule has 3 unspecified atom stereocenters. The molecule has 0 aliphatic heterocycles. The second-order valence-electron chi connectivity index (χ2n) is 14.6. The number of unbranched alkanes of at least 4 members (excludes halogenated alkanes) is 16. The molecule has 0 bridgehead atoms. The van der Waals surface area contributed by atoms with Crippen molar-refractivity contribution in [1.82, 2.24) is 5.32 Å². The number of allylic oxidation sites excluding steroid dienone is 7. The van der Waals surface area contributed by atoms with Crippen molar-refractivity contribution in [3.63, 3.8) is 0 Å². The third-order valence-electron chi connectivity index (χ3n) is 8.51. The molecule has 0 spiro atoms. The number of nitrogens with zero attached hydrogens (tertiary/aromatic N) is 1. The van der Waals surface area contributed by atoms with Gasteiger partial charge in [-0.1, -0.05) is 133 Å². The molecule has 0 saturated carbocycles. The molecular formula is C41H77N2O6P. The highest BCUT2D eigenvalue weighted by molar-refractivity contribution is 7.45. The average Bonchev–Trinajstić information content (AvgIpc) is 3.06. The molecule has 0 saturated heterocycles. The molecule has 0 heterocycles. The number of aliphatic hydroxyl groups excluding tert-OH is 1. The summed E-state index contributed by atoms with van der Waals surface area (Å²) in [6.07, 6.45) is 40.1. The van der Waals surface area contributed by atoms with Crippen LogP contribution < -0.4 is 10.2 Å². The maximum atomic E-state index is 12.8. The van der Waals surface area contributed by atoms with Gasteiger partial charge in [0.15, 0.2) is 0 Å². The summed E-state index contributed by atoms with van der Waals surface area (Å²) in [5.41, 5.74) is 0. The minimum atomic E-state index is -4.59. The van der Waals surface area contributed by atoms with E-state index >= 15 is 0 Å². The van der Waals surface area contributed by atoms with Crippen molar-refractivity contribution in [3.05, 3.63) is 48.6 Å². The van der Waals surface area contributed by atoms with E-state index in [1.165, 1.54) is 70.6 Å². The Bertz CT molecular complexity index is 959. The predicted molar refractivity (Wildman–Crippen MR) is 210 cm³/mol. The molecule has 2 N–H and O–H groups in total. The van der Waals surface area contributed by atoms with Crippen molar-refractivity contribution < 1.29 is 32.9 Å². The van der Waals surface area contributed by atoms with Crippen LogP contribution >= 0.6 is 7.82 Å². The number of amides is 1. The van der Waals surface area contributed by atoms with Gasteiger partial charge in [0.25, 0.3) is 7.82 Å². The first-order valence-electron chi connectivity index (χ1n) is 20.0. The number of carbonyl (C=O) groups excluding carboxylic acids is 1. The van der Waals surface area contributed by atoms with Crippen LogP contribution in [0.2, 0.25) is 0 Å². The second kappa shape index (κ2) is 33.3. The molecule has 292 valence electrons. The van der Waals surface area contributed by atoms with Gasteiger partial charge in [-0.2, -0.15) is 0 Å². The van der Waals surface area contributed by atoms with Crippen LogP contribution in [0.4, 0.5) is 0 Å². The number of aliphatic hydroxyl groups is 1. The summed E-state index contributed by atoms with van der Waals surface area (Å²) in [4.78, 5) is 25.2. The predicted octanol–water partition coefficient (Wildman–Crippen LogP) is 9.89. The van der Waals surface area contributed by atoms with Crippen LogP contribution in [0, 0.1) is 0 Å².